The minimum atomic E-state index is -0.0430. The van der Waals surface area contributed by atoms with Crippen LogP contribution < -0.4 is 0 Å². The number of nitrogens with zero attached hydrogens (tertiary/aromatic N) is 2. The fourth-order valence-corrected chi connectivity index (χ4v) is 3.89. The molecule has 1 N–H and O–H groups in total. The van der Waals surface area contributed by atoms with Crippen molar-refractivity contribution in [3.05, 3.63) is 17.2 Å². The molecule has 3 rings (SSSR count). The Labute approximate surface area is 133 Å². The average Bonchev–Trinajstić information content (AvgIpc) is 2.90. The molecule has 2 aliphatic rings. The molecule has 5 nitrogen and oxygen atoms in total. The second-order valence-corrected chi connectivity index (χ2v) is 6.66. The zero-order valence-electron chi connectivity index (χ0n) is 14.2. The molecule has 2 aliphatic heterocycles. The van der Waals surface area contributed by atoms with E-state index in [0.717, 1.165) is 64.2 Å². The van der Waals surface area contributed by atoms with E-state index in [-0.39, 0.29) is 11.7 Å². The summed E-state index contributed by atoms with van der Waals surface area (Å²) >= 11 is 0. The van der Waals surface area contributed by atoms with Crippen LogP contribution in [0, 0.1) is 6.92 Å². The average molecular weight is 307 g/mol. The first-order valence-electron chi connectivity index (χ1n) is 8.60. The quantitative estimate of drug-likeness (QED) is 0.928. The number of ether oxygens (including phenoxy) is 2. The van der Waals surface area contributed by atoms with Gasteiger partial charge in [0.15, 0.2) is 0 Å². The van der Waals surface area contributed by atoms with Crippen molar-refractivity contribution >= 4 is 0 Å². The van der Waals surface area contributed by atoms with Crippen LogP contribution in [0.15, 0.2) is 0 Å². The topological polar surface area (TPSA) is 50.4 Å². The Morgan fingerprint density at radius 1 is 1.41 bits per heavy atom. The molecule has 0 aliphatic carbocycles. The number of H-pyrrole nitrogens is 1. The highest BCUT2D eigenvalue weighted by Crippen LogP contribution is 2.37. The van der Waals surface area contributed by atoms with Crippen molar-refractivity contribution in [2.75, 3.05) is 26.8 Å². The van der Waals surface area contributed by atoms with E-state index in [1.807, 2.05) is 7.11 Å². The lowest BCUT2D eigenvalue weighted by molar-refractivity contribution is -0.186. The number of hydrogen-bond acceptors (Lipinski definition) is 4. The number of rotatable bonds is 4. The van der Waals surface area contributed by atoms with Crippen LogP contribution in [0.25, 0.3) is 0 Å². The van der Waals surface area contributed by atoms with E-state index >= 15 is 0 Å². The molecule has 124 valence electrons. The summed E-state index contributed by atoms with van der Waals surface area (Å²) in [6.45, 7) is 8.21. The molecule has 1 aromatic rings. The van der Waals surface area contributed by atoms with Gasteiger partial charge in [-0.05, 0) is 32.6 Å². The van der Waals surface area contributed by atoms with Crippen LogP contribution in [0.1, 0.15) is 49.8 Å². The second-order valence-electron chi connectivity index (χ2n) is 6.66. The molecule has 22 heavy (non-hydrogen) atoms. The molecule has 0 aromatic carbocycles. The van der Waals surface area contributed by atoms with Gasteiger partial charge in [-0.25, -0.2) is 4.98 Å². The molecule has 0 unspecified atom stereocenters. The third-order valence-corrected chi connectivity index (χ3v) is 5.32. The standard InChI is InChI=1S/C17H29N3O2/c1-4-16-18-13(2)14(19-16)12-20-9-7-17(8-10-20)15(21-3)6-5-11-22-17/h15H,4-12H2,1-3H3,(H,18,19)/t15-/m1/s1. The molecule has 5 heteroatoms. The summed E-state index contributed by atoms with van der Waals surface area (Å²) in [5, 5.41) is 0. The Kier molecular flexibility index (Phi) is 4.85. The molecule has 1 spiro atoms. The van der Waals surface area contributed by atoms with Gasteiger partial charge in [0.25, 0.3) is 0 Å². The zero-order valence-corrected chi connectivity index (χ0v) is 14.2. The van der Waals surface area contributed by atoms with Gasteiger partial charge in [0, 0.05) is 45.5 Å². The van der Waals surface area contributed by atoms with Crippen LogP contribution in [0.4, 0.5) is 0 Å². The van der Waals surface area contributed by atoms with E-state index in [9.17, 15) is 0 Å². The fourth-order valence-electron chi connectivity index (χ4n) is 3.89. The largest absolute Gasteiger partial charge is 0.378 e. The minimum Gasteiger partial charge on any atom is -0.378 e. The summed E-state index contributed by atoms with van der Waals surface area (Å²) in [4.78, 5) is 10.6. The number of aryl methyl sites for hydroxylation is 2. The summed E-state index contributed by atoms with van der Waals surface area (Å²) < 4.78 is 11.9. The van der Waals surface area contributed by atoms with Gasteiger partial charge >= 0.3 is 0 Å². The maximum Gasteiger partial charge on any atom is 0.106 e. The first-order chi connectivity index (χ1) is 10.7. The van der Waals surface area contributed by atoms with Crippen LogP contribution in [-0.4, -0.2) is 53.4 Å². The Bertz CT molecular complexity index is 492. The summed E-state index contributed by atoms with van der Waals surface area (Å²) in [6, 6.07) is 0. The third-order valence-electron chi connectivity index (χ3n) is 5.32. The molecular formula is C17H29N3O2. The van der Waals surface area contributed by atoms with Crippen LogP contribution in [0.3, 0.4) is 0 Å². The monoisotopic (exact) mass is 307 g/mol. The number of hydrogen-bond donors (Lipinski definition) is 1. The molecule has 0 saturated carbocycles. The molecule has 0 amide bonds. The molecule has 0 bridgehead atoms. The highest BCUT2D eigenvalue weighted by Gasteiger charge is 2.44. The molecular weight excluding hydrogens is 278 g/mol. The first-order valence-corrected chi connectivity index (χ1v) is 8.60. The van der Waals surface area contributed by atoms with Crippen molar-refractivity contribution in [2.24, 2.45) is 0 Å². The lowest BCUT2D eigenvalue weighted by Gasteiger charge is -2.48. The highest BCUT2D eigenvalue weighted by molar-refractivity contribution is 5.13. The number of nitrogens with one attached hydrogen (secondary N) is 1. The second kappa shape index (κ2) is 6.69. The van der Waals surface area contributed by atoms with Gasteiger partial charge in [0.05, 0.1) is 17.4 Å². The molecule has 3 heterocycles. The minimum absolute atomic E-state index is 0.0430. The predicted octanol–water partition coefficient (Wildman–Crippen LogP) is 2.44. The predicted molar refractivity (Wildman–Crippen MR) is 85.9 cm³/mol. The summed E-state index contributed by atoms with van der Waals surface area (Å²) in [5.41, 5.74) is 2.36. The van der Waals surface area contributed by atoms with Crippen LogP contribution in [-0.2, 0) is 22.4 Å². The van der Waals surface area contributed by atoms with Crippen molar-refractivity contribution in [1.29, 1.82) is 0 Å². The number of likely N-dealkylation sites (tertiary alicyclic amines) is 1. The van der Waals surface area contributed by atoms with Crippen molar-refractivity contribution in [1.82, 2.24) is 14.9 Å². The Morgan fingerprint density at radius 3 is 2.82 bits per heavy atom. The van der Waals surface area contributed by atoms with E-state index in [1.54, 1.807) is 0 Å². The van der Waals surface area contributed by atoms with Crippen LogP contribution in [0.2, 0.25) is 0 Å². The number of aromatic nitrogens is 2. The van der Waals surface area contributed by atoms with E-state index in [1.165, 1.54) is 11.4 Å². The Balaban J connectivity index is 1.60. The molecule has 1 aromatic heterocycles. The van der Waals surface area contributed by atoms with Gasteiger partial charge in [-0.2, -0.15) is 0 Å². The van der Waals surface area contributed by atoms with Crippen molar-refractivity contribution in [3.63, 3.8) is 0 Å². The molecule has 1 atom stereocenters. The van der Waals surface area contributed by atoms with E-state index in [4.69, 9.17) is 14.5 Å². The maximum atomic E-state index is 6.18. The normalized spacial score (nSPS) is 25.7. The number of piperidine rings is 1. The molecule has 0 radical (unpaired) electrons. The molecule has 2 fully saturated rings. The van der Waals surface area contributed by atoms with Crippen molar-refractivity contribution < 1.29 is 9.47 Å². The summed E-state index contributed by atoms with van der Waals surface area (Å²) in [5.74, 6) is 1.09. The fraction of sp³-hybridized carbons (Fsp3) is 0.824. The molecule has 2 saturated heterocycles. The van der Waals surface area contributed by atoms with E-state index in [2.05, 4.69) is 23.7 Å². The van der Waals surface area contributed by atoms with Gasteiger partial charge in [0.1, 0.15) is 5.82 Å². The third kappa shape index (κ3) is 3.07. The zero-order chi connectivity index (χ0) is 15.6. The van der Waals surface area contributed by atoms with Gasteiger partial charge in [0.2, 0.25) is 0 Å². The van der Waals surface area contributed by atoms with Gasteiger partial charge in [-0.15, -0.1) is 0 Å². The first kappa shape index (κ1) is 16.0. The van der Waals surface area contributed by atoms with Gasteiger partial charge < -0.3 is 14.5 Å². The van der Waals surface area contributed by atoms with Gasteiger partial charge in [-0.1, -0.05) is 6.92 Å². The van der Waals surface area contributed by atoms with Crippen LogP contribution >= 0.6 is 0 Å². The summed E-state index contributed by atoms with van der Waals surface area (Å²) in [6.07, 6.45) is 5.62. The van der Waals surface area contributed by atoms with E-state index < -0.39 is 0 Å². The maximum absolute atomic E-state index is 6.18. The number of imidazole rings is 1. The van der Waals surface area contributed by atoms with Crippen LogP contribution in [0.5, 0.6) is 0 Å². The lowest BCUT2D eigenvalue weighted by Crippen LogP contribution is -2.55. The Hall–Kier alpha value is -0.910. The van der Waals surface area contributed by atoms with E-state index in [0.29, 0.717) is 0 Å². The lowest BCUT2D eigenvalue weighted by atomic mass is 9.82. The smallest absolute Gasteiger partial charge is 0.106 e. The Morgan fingerprint density at radius 2 is 2.18 bits per heavy atom. The number of aromatic amines is 1. The van der Waals surface area contributed by atoms with Crippen molar-refractivity contribution in [3.8, 4) is 0 Å². The van der Waals surface area contributed by atoms with Crippen molar-refractivity contribution in [2.45, 2.75) is 64.2 Å². The highest BCUT2D eigenvalue weighted by atomic mass is 16.5. The SMILES string of the molecule is CCc1nc(CN2CCC3(CC2)OCCC[C@H]3OC)c(C)[nH]1. The van der Waals surface area contributed by atoms with Gasteiger partial charge in [-0.3, -0.25) is 4.90 Å². The number of methoxy groups -OCH3 is 1. The summed E-state index contributed by atoms with van der Waals surface area (Å²) in [7, 11) is 1.83.